The van der Waals surface area contributed by atoms with Crippen molar-refractivity contribution in [1.29, 1.82) is 0 Å². The third kappa shape index (κ3) is 3.88. The second-order valence-corrected chi connectivity index (χ2v) is 5.33. The molecule has 0 amide bonds. The Morgan fingerprint density at radius 3 is 2.00 bits per heavy atom. The van der Waals surface area contributed by atoms with Crippen molar-refractivity contribution in [3.8, 4) is 16.9 Å². The van der Waals surface area contributed by atoms with Crippen LogP contribution in [0.5, 0.6) is 5.75 Å². The van der Waals surface area contributed by atoms with Crippen LogP contribution in [0.15, 0.2) is 78.9 Å². The van der Waals surface area contributed by atoms with Gasteiger partial charge in [-0.25, -0.2) is 4.79 Å². The molecule has 2 nitrogen and oxygen atoms in total. The largest absolute Gasteiger partial charge is 0.422 e. The van der Waals surface area contributed by atoms with Gasteiger partial charge in [-0.3, -0.25) is 0 Å². The Balaban J connectivity index is 1.85. The number of carbonyl (C=O) groups is 1. The molecule has 0 radical (unpaired) electrons. The Kier molecular flexibility index (Phi) is 4.57. The van der Waals surface area contributed by atoms with Crippen LogP contribution in [0.3, 0.4) is 0 Å². The highest BCUT2D eigenvalue weighted by atomic mass is 19.4. The van der Waals surface area contributed by atoms with Gasteiger partial charge in [0.25, 0.3) is 0 Å². The van der Waals surface area contributed by atoms with E-state index in [1.54, 1.807) is 12.1 Å². The average molecular weight is 342 g/mol. The predicted molar refractivity (Wildman–Crippen MR) is 88.3 cm³/mol. The van der Waals surface area contributed by atoms with Gasteiger partial charge in [0.2, 0.25) is 0 Å². The van der Waals surface area contributed by atoms with Crippen molar-refractivity contribution in [3.63, 3.8) is 0 Å². The second kappa shape index (κ2) is 6.81. The van der Waals surface area contributed by atoms with Gasteiger partial charge in [0, 0.05) is 5.56 Å². The molecule has 0 bridgehead atoms. The van der Waals surface area contributed by atoms with E-state index in [2.05, 4.69) is 0 Å². The lowest BCUT2D eigenvalue weighted by atomic mass is 10.0. The molecule has 0 saturated carbocycles. The first-order chi connectivity index (χ1) is 11.9. The molecular weight excluding hydrogens is 329 g/mol. The molecule has 5 heteroatoms. The highest BCUT2D eigenvalue weighted by Gasteiger charge is 2.30. The smallest absolute Gasteiger partial charge is 0.416 e. The number of rotatable bonds is 3. The molecule has 0 spiro atoms. The van der Waals surface area contributed by atoms with Crippen LogP contribution in [0, 0.1) is 0 Å². The van der Waals surface area contributed by atoms with Crippen LogP contribution in [-0.2, 0) is 6.18 Å². The molecule has 0 atom stereocenters. The van der Waals surface area contributed by atoms with E-state index >= 15 is 0 Å². The Labute approximate surface area is 142 Å². The van der Waals surface area contributed by atoms with Crippen molar-refractivity contribution in [1.82, 2.24) is 0 Å². The molecule has 0 saturated heterocycles. The Morgan fingerprint density at radius 2 is 1.36 bits per heavy atom. The van der Waals surface area contributed by atoms with Crippen molar-refractivity contribution < 1.29 is 22.7 Å². The first-order valence-electron chi connectivity index (χ1n) is 7.49. The van der Waals surface area contributed by atoms with E-state index in [0.717, 1.165) is 35.4 Å². The SMILES string of the molecule is O=C(Oc1ccccc1-c1ccccc1)c1ccc(C(F)(F)F)cc1. The van der Waals surface area contributed by atoms with Crippen molar-refractivity contribution in [3.05, 3.63) is 90.0 Å². The Morgan fingerprint density at radius 1 is 0.760 bits per heavy atom. The van der Waals surface area contributed by atoms with Gasteiger partial charge in [-0.1, -0.05) is 48.5 Å². The maximum Gasteiger partial charge on any atom is 0.416 e. The first-order valence-corrected chi connectivity index (χ1v) is 7.49. The molecule has 0 fully saturated rings. The highest BCUT2D eigenvalue weighted by Crippen LogP contribution is 2.31. The minimum Gasteiger partial charge on any atom is -0.422 e. The van der Waals surface area contributed by atoms with Gasteiger partial charge in [0.1, 0.15) is 5.75 Å². The van der Waals surface area contributed by atoms with Crippen LogP contribution in [0.4, 0.5) is 13.2 Å². The molecule has 25 heavy (non-hydrogen) atoms. The van der Waals surface area contributed by atoms with E-state index in [1.165, 1.54) is 0 Å². The van der Waals surface area contributed by atoms with Crippen molar-refractivity contribution in [2.75, 3.05) is 0 Å². The minimum absolute atomic E-state index is 0.0517. The van der Waals surface area contributed by atoms with E-state index < -0.39 is 17.7 Å². The van der Waals surface area contributed by atoms with E-state index in [-0.39, 0.29) is 5.56 Å². The molecule has 3 aromatic carbocycles. The molecule has 0 unspecified atom stereocenters. The average Bonchev–Trinajstić information content (AvgIpc) is 2.62. The molecule has 3 aromatic rings. The third-order valence-corrected chi connectivity index (χ3v) is 3.62. The lowest BCUT2D eigenvalue weighted by Crippen LogP contribution is -2.10. The van der Waals surface area contributed by atoms with Crippen LogP contribution < -0.4 is 4.74 Å². The minimum atomic E-state index is -4.44. The van der Waals surface area contributed by atoms with Gasteiger partial charge in [-0.2, -0.15) is 13.2 Å². The van der Waals surface area contributed by atoms with Gasteiger partial charge in [0.15, 0.2) is 0 Å². The van der Waals surface area contributed by atoms with Gasteiger partial charge in [0.05, 0.1) is 11.1 Å². The van der Waals surface area contributed by atoms with Crippen LogP contribution in [-0.4, -0.2) is 5.97 Å². The van der Waals surface area contributed by atoms with E-state index in [0.29, 0.717) is 5.75 Å². The normalized spacial score (nSPS) is 11.2. The van der Waals surface area contributed by atoms with Crippen LogP contribution in [0.1, 0.15) is 15.9 Å². The van der Waals surface area contributed by atoms with Crippen molar-refractivity contribution >= 4 is 5.97 Å². The summed E-state index contributed by atoms with van der Waals surface area (Å²) in [7, 11) is 0. The summed E-state index contributed by atoms with van der Waals surface area (Å²) in [5.74, 6) is -0.365. The number of para-hydroxylation sites is 1. The second-order valence-electron chi connectivity index (χ2n) is 5.33. The lowest BCUT2D eigenvalue weighted by Gasteiger charge is -2.11. The Bertz CT molecular complexity index is 869. The maximum atomic E-state index is 12.6. The van der Waals surface area contributed by atoms with Gasteiger partial charge >= 0.3 is 12.1 Å². The maximum absolute atomic E-state index is 12.6. The Hall–Kier alpha value is -3.08. The number of hydrogen-bond donors (Lipinski definition) is 0. The number of alkyl halides is 3. The quantitative estimate of drug-likeness (QED) is 0.458. The summed E-state index contributed by atoms with van der Waals surface area (Å²) in [5.41, 5.74) is 0.839. The fourth-order valence-electron chi connectivity index (χ4n) is 2.37. The van der Waals surface area contributed by atoms with Crippen molar-refractivity contribution in [2.24, 2.45) is 0 Å². The molecule has 126 valence electrons. The molecule has 0 heterocycles. The zero-order valence-electron chi connectivity index (χ0n) is 13.0. The van der Waals surface area contributed by atoms with Gasteiger partial charge in [-0.05, 0) is 35.9 Å². The third-order valence-electron chi connectivity index (χ3n) is 3.62. The predicted octanol–water partition coefficient (Wildman–Crippen LogP) is 5.59. The molecule has 0 aliphatic rings. The number of halogens is 3. The van der Waals surface area contributed by atoms with Crippen LogP contribution >= 0.6 is 0 Å². The summed E-state index contributed by atoms with van der Waals surface area (Å²) in [6.07, 6.45) is -4.44. The summed E-state index contributed by atoms with van der Waals surface area (Å²) in [4.78, 5) is 12.3. The molecule has 0 N–H and O–H groups in total. The molecule has 0 aliphatic carbocycles. The fourth-order valence-corrected chi connectivity index (χ4v) is 2.37. The summed E-state index contributed by atoms with van der Waals surface area (Å²) in [5, 5.41) is 0. The van der Waals surface area contributed by atoms with Crippen LogP contribution in [0.25, 0.3) is 11.1 Å². The summed E-state index contributed by atoms with van der Waals surface area (Å²) in [6, 6.07) is 20.3. The number of benzene rings is 3. The fraction of sp³-hybridized carbons (Fsp3) is 0.0500. The number of hydrogen-bond acceptors (Lipinski definition) is 2. The molecular formula is C20H13F3O2. The van der Waals surface area contributed by atoms with E-state index in [9.17, 15) is 18.0 Å². The molecule has 0 aromatic heterocycles. The zero-order chi connectivity index (χ0) is 17.9. The summed E-state index contributed by atoms with van der Waals surface area (Å²) >= 11 is 0. The standard InChI is InChI=1S/C20H13F3O2/c21-20(22,23)16-12-10-15(11-13-16)19(24)25-18-9-5-4-8-17(18)14-6-2-1-3-7-14/h1-13H. The zero-order valence-corrected chi connectivity index (χ0v) is 13.0. The molecule has 0 aliphatic heterocycles. The number of esters is 1. The highest BCUT2D eigenvalue weighted by molar-refractivity contribution is 5.92. The topological polar surface area (TPSA) is 26.3 Å². The van der Waals surface area contributed by atoms with Gasteiger partial charge < -0.3 is 4.74 Å². The molecule has 3 rings (SSSR count). The summed E-state index contributed by atoms with van der Waals surface area (Å²) < 4.78 is 43.2. The lowest BCUT2D eigenvalue weighted by molar-refractivity contribution is -0.137. The summed E-state index contributed by atoms with van der Waals surface area (Å²) in [6.45, 7) is 0. The van der Waals surface area contributed by atoms with E-state index in [1.807, 2.05) is 42.5 Å². The van der Waals surface area contributed by atoms with Crippen LogP contribution in [0.2, 0.25) is 0 Å². The number of ether oxygens (including phenoxy) is 1. The van der Waals surface area contributed by atoms with Gasteiger partial charge in [-0.15, -0.1) is 0 Å². The number of carbonyl (C=O) groups excluding carboxylic acids is 1. The monoisotopic (exact) mass is 342 g/mol. The van der Waals surface area contributed by atoms with Crippen molar-refractivity contribution in [2.45, 2.75) is 6.18 Å². The van der Waals surface area contributed by atoms with E-state index in [4.69, 9.17) is 4.74 Å². The first kappa shape index (κ1) is 16.8.